The van der Waals surface area contributed by atoms with Gasteiger partial charge in [-0.3, -0.25) is 4.79 Å². The van der Waals surface area contributed by atoms with Crippen molar-refractivity contribution in [1.82, 2.24) is 0 Å². The Kier molecular flexibility index (Phi) is 5.14. The normalized spacial score (nSPS) is 11.7. The lowest BCUT2D eigenvalue weighted by Gasteiger charge is -2.18. The average Bonchev–Trinajstić information content (AvgIpc) is 2.67. The van der Waals surface area contributed by atoms with Crippen molar-refractivity contribution >= 4 is 5.97 Å². The highest BCUT2D eigenvalue weighted by Crippen LogP contribution is 2.37. The number of hydrogen-bond acceptors (Lipinski definition) is 2. The third-order valence-electron chi connectivity index (χ3n) is 4.19. The van der Waals surface area contributed by atoms with Crippen LogP contribution >= 0.6 is 0 Å². The molecule has 0 radical (unpaired) electrons. The minimum absolute atomic E-state index is 0.393. The number of carboxylic acid groups (broad SMARTS) is 1. The van der Waals surface area contributed by atoms with Crippen LogP contribution in [0.15, 0.2) is 78.9 Å². The SMILES string of the molecule is CC(C(=O)O)c1cccc(-c2ccccc2)c1OCc1ccccc1. The van der Waals surface area contributed by atoms with Crippen LogP contribution in [0.3, 0.4) is 0 Å². The Hall–Kier alpha value is -3.07. The Bertz CT molecular complexity index is 842. The minimum atomic E-state index is -0.866. The molecule has 25 heavy (non-hydrogen) atoms. The van der Waals surface area contributed by atoms with Crippen LogP contribution in [0.2, 0.25) is 0 Å². The summed E-state index contributed by atoms with van der Waals surface area (Å²) in [6.45, 7) is 2.08. The summed E-state index contributed by atoms with van der Waals surface area (Å²) in [6, 6.07) is 25.4. The predicted octanol–water partition coefficient (Wildman–Crippen LogP) is 5.12. The molecule has 0 spiro atoms. The van der Waals surface area contributed by atoms with Crippen LogP contribution in [0.4, 0.5) is 0 Å². The fourth-order valence-electron chi connectivity index (χ4n) is 2.76. The monoisotopic (exact) mass is 332 g/mol. The Morgan fingerprint density at radius 3 is 2.20 bits per heavy atom. The van der Waals surface area contributed by atoms with Crippen molar-refractivity contribution in [3.8, 4) is 16.9 Å². The maximum absolute atomic E-state index is 11.5. The third-order valence-corrected chi connectivity index (χ3v) is 4.19. The Labute approximate surface area is 147 Å². The van der Waals surface area contributed by atoms with Gasteiger partial charge >= 0.3 is 5.97 Å². The van der Waals surface area contributed by atoms with E-state index in [1.807, 2.05) is 78.9 Å². The van der Waals surface area contributed by atoms with Crippen LogP contribution in [0.25, 0.3) is 11.1 Å². The fourth-order valence-corrected chi connectivity index (χ4v) is 2.76. The van der Waals surface area contributed by atoms with Gasteiger partial charge in [0.2, 0.25) is 0 Å². The average molecular weight is 332 g/mol. The number of para-hydroxylation sites is 1. The molecule has 0 aliphatic rings. The summed E-state index contributed by atoms with van der Waals surface area (Å²) in [4.78, 5) is 11.5. The van der Waals surface area contributed by atoms with Gasteiger partial charge in [0.15, 0.2) is 0 Å². The zero-order valence-corrected chi connectivity index (χ0v) is 14.1. The van der Waals surface area contributed by atoms with E-state index in [9.17, 15) is 9.90 Å². The van der Waals surface area contributed by atoms with E-state index in [1.54, 1.807) is 6.92 Å². The number of hydrogen-bond donors (Lipinski definition) is 1. The molecular weight excluding hydrogens is 312 g/mol. The molecule has 1 unspecified atom stereocenters. The zero-order valence-electron chi connectivity index (χ0n) is 14.1. The first-order valence-electron chi connectivity index (χ1n) is 8.24. The van der Waals surface area contributed by atoms with E-state index >= 15 is 0 Å². The highest BCUT2D eigenvalue weighted by Gasteiger charge is 2.21. The van der Waals surface area contributed by atoms with Gasteiger partial charge in [-0.2, -0.15) is 0 Å². The summed E-state index contributed by atoms with van der Waals surface area (Å²) in [5.74, 6) is -0.878. The Balaban J connectivity index is 2.03. The van der Waals surface area contributed by atoms with Crippen molar-refractivity contribution in [1.29, 1.82) is 0 Å². The maximum Gasteiger partial charge on any atom is 0.310 e. The molecule has 0 fully saturated rings. The molecule has 126 valence electrons. The van der Waals surface area contributed by atoms with E-state index in [0.29, 0.717) is 17.9 Å². The van der Waals surface area contributed by atoms with Gasteiger partial charge in [-0.05, 0) is 18.1 Å². The number of carboxylic acids is 1. The van der Waals surface area contributed by atoms with Gasteiger partial charge in [0.1, 0.15) is 12.4 Å². The molecule has 1 N–H and O–H groups in total. The largest absolute Gasteiger partial charge is 0.488 e. The summed E-state index contributed by atoms with van der Waals surface area (Å²) in [5.41, 5.74) is 3.64. The number of benzene rings is 3. The molecule has 3 aromatic carbocycles. The van der Waals surface area contributed by atoms with E-state index in [1.165, 1.54) is 0 Å². The van der Waals surface area contributed by atoms with Crippen molar-refractivity contribution in [2.75, 3.05) is 0 Å². The second-order valence-electron chi connectivity index (χ2n) is 5.92. The van der Waals surface area contributed by atoms with Crippen LogP contribution in [0.1, 0.15) is 24.0 Å². The molecule has 3 aromatic rings. The minimum Gasteiger partial charge on any atom is -0.488 e. The molecule has 3 nitrogen and oxygen atoms in total. The molecule has 0 amide bonds. The summed E-state index contributed by atoms with van der Waals surface area (Å²) >= 11 is 0. The van der Waals surface area contributed by atoms with Crippen molar-refractivity contribution in [3.63, 3.8) is 0 Å². The van der Waals surface area contributed by atoms with E-state index < -0.39 is 11.9 Å². The van der Waals surface area contributed by atoms with Crippen LogP contribution < -0.4 is 4.74 Å². The van der Waals surface area contributed by atoms with E-state index in [-0.39, 0.29) is 0 Å². The molecular formula is C22H20O3. The van der Waals surface area contributed by atoms with Crippen LogP contribution in [0, 0.1) is 0 Å². The van der Waals surface area contributed by atoms with E-state index in [2.05, 4.69) is 0 Å². The third kappa shape index (κ3) is 3.89. The fraction of sp³-hybridized carbons (Fsp3) is 0.136. The summed E-state index contributed by atoms with van der Waals surface area (Å²) in [7, 11) is 0. The second kappa shape index (κ2) is 7.67. The molecule has 0 aliphatic heterocycles. The maximum atomic E-state index is 11.5. The first-order chi connectivity index (χ1) is 12.2. The quantitative estimate of drug-likeness (QED) is 0.681. The van der Waals surface area contributed by atoms with Gasteiger partial charge in [0.25, 0.3) is 0 Å². The Morgan fingerprint density at radius 1 is 0.920 bits per heavy atom. The van der Waals surface area contributed by atoms with Gasteiger partial charge in [0.05, 0.1) is 5.92 Å². The Morgan fingerprint density at radius 2 is 1.56 bits per heavy atom. The summed E-state index contributed by atoms with van der Waals surface area (Å²) < 4.78 is 6.12. The first kappa shape index (κ1) is 16.8. The van der Waals surface area contributed by atoms with E-state index in [0.717, 1.165) is 16.7 Å². The lowest BCUT2D eigenvalue weighted by atomic mass is 9.94. The lowest BCUT2D eigenvalue weighted by molar-refractivity contribution is -0.138. The topological polar surface area (TPSA) is 46.5 Å². The highest BCUT2D eigenvalue weighted by molar-refractivity contribution is 5.80. The highest BCUT2D eigenvalue weighted by atomic mass is 16.5. The van der Waals surface area contributed by atoms with Gasteiger partial charge < -0.3 is 9.84 Å². The number of aliphatic carboxylic acids is 1. The molecule has 0 aromatic heterocycles. The molecule has 3 heteroatoms. The van der Waals surface area contributed by atoms with Gasteiger partial charge in [-0.25, -0.2) is 0 Å². The summed E-state index contributed by atoms with van der Waals surface area (Å²) in [6.07, 6.45) is 0. The molecule has 0 saturated carbocycles. The predicted molar refractivity (Wildman–Crippen MR) is 98.7 cm³/mol. The van der Waals surface area contributed by atoms with Crippen LogP contribution in [-0.4, -0.2) is 11.1 Å². The van der Waals surface area contributed by atoms with Crippen LogP contribution in [-0.2, 0) is 11.4 Å². The molecule has 1 atom stereocenters. The number of rotatable bonds is 6. The number of carbonyl (C=O) groups is 1. The van der Waals surface area contributed by atoms with Crippen molar-refractivity contribution in [3.05, 3.63) is 90.0 Å². The molecule has 0 heterocycles. The van der Waals surface area contributed by atoms with Crippen molar-refractivity contribution in [2.45, 2.75) is 19.4 Å². The zero-order chi connectivity index (χ0) is 17.6. The van der Waals surface area contributed by atoms with E-state index in [4.69, 9.17) is 4.74 Å². The van der Waals surface area contributed by atoms with Gasteiger partial charge in [0, 0.05) is 11.1 Å². The van der Waals surface area contributed by atoms with Crippen LogP contribution in [0.5, 0.6) is 5.75 Å². The standard InChI is InChI=1S/C22H20O3/c1-16(22(23)24)19-13-8-14-20(18-11-6-3-7-12-18)21(19)25-15-17-9-4-2-5-10-17/h2-14,16H,15H2,1H3,(H,23,24). The molecule has 0 aliphatic carbocycles. The van der Waals surface area contributed by atoms with Crippen molar-refractivity contribution < 1.29 is 14.6 Å². The molecule has 3 rings (SSSR count). The first-order valence-corrected chi connectivity index (χ1v) is 8.24. The molecule has 0 saturated heterocycles. The molecule has 0 bridgehead atoms. The second-order valence-corrected chi connectivity index (χ2v) is 5.92. The van der Waals surface area contributed by atoms with Gasteiger partial charge in [-0.15, -0.1) is 0 Å². The van der Waals surface area contributed by atoms with Gasteiger partial charge in [-0.1, -0.05) is 78.9 Å². The smallest absolute Gasteiger partial charge is 0.310 e. The lowest BCUT2D eigenvalue weighted by Crippen LogP contribution is -2.10. The summed E-state index contributed by atoms with van der Waals surface area (Å²) in [5, 5.41) is 9.45. The van der Waals surface area contributed by atoms with Crippen molar-refractivity contribution in [2.24, 2.45) is 0 Å². The number of ether oxygens (including phenoxy) is 1.